The number of amides is 1. The summed E-state index contributed by atoms with van der Waals surface area (Å²) in [7, 11) is 1.62. The van der Waals surface area contributed by atoms with Gasteiger partial charge in [-0.25, -0.2) is 9.67 Å². The van der Waals surface area contributed by atoms with E-state index in [4.69, 9.17) is 4.74 Å². The van der Waals surface area contributed by atoms with Crippen molar-refractivity contribution >= 4 is 12.0 Å². The minimum atomic E-state index is -0.153. The number of ether oxygens (including phenoxy) is 1. The lowest BCUT2D eigenvalue weighted by Gasteiger charge is -2.07. The zero-order chi connectivity index (χ0) is 19.1. The van der Waals surface area contributed by atoms with Crippen LogP contribution < -0.4 is 10.1 Å². The first-order valence-electron chi connectivity index (χ1n) is 8.65. The van der Waals surface area contributed by atoms with Crippen molar-refractivity contribution in [2.24, 2.45) is 0 Å². The number of carbonyl (C=O) groups excluding carboxylic acids is 1. The van der Waals surface area contributed by atoms with Crippen LogP contribution in [0.25, 0.3) is 6.08 Å². The van der Waals surface area contributed by atoms with Crippen LogP contribution in [0, 0.1) is 6.92 Å². The van der Waals surface area contributed by atoms with E-state index in [0.29, 0.717) is 13.1 Å². The SMILES string of the molecule is COc1ccc(C)cc1C=CC(=O)NCc1cccc(Cn2cncn2)c1. The first-order valence-corrected chi connectivity index (χ1v) is 8.65. The lowest BCUT2D eigenvalue weighted by Crippen LogP contribution is -2.20. The maximum absolute atomic E-state index is 12.2. The van der Waals surface area contributed by atoms with Crippen molar-refractivity contribution < 1.29 is 9.53 Å². The molecule has 0 aliphatic rings. The van der Waals surface area contributed by atoms with Gasteiger partial charge in [0.25, 0.3) is 0 Å². The minimum absolute atomic E-state index is 0.153. The Kier molecular flexibility index (Phi) is 5.99. The molecule has 1 aromatic heterocycles. The van der Waals surface area contributed by atoms with E-state index in [9.17, 15) is 4.79 Å². The van der Waals surface area contributed by atoms with Gasteiger partial charge in [-0.1, -0.05) is 35.9 Å². The molecule has 3 aromatic rings. The predicted molar refractivity (Wildman–Crippen MR) is 104 cm³/mol. The molecule has 0 aliphatic carbocycles. The third kappa shape index (κ3) is 5.28. The van der Waals surface area contributed by atoms with Crippen molar-refractivity contribution in [1.82, 2.24) is 20.1 Å². The molecule has 0 unspecified atom stereocenters. The monoisotopic (exact) mass is 362 g/mol. The third-order valence-corrected chi connectivity index (χ3v) is 4.07. The summed E-state index contributed by atoms with van der Waals surface area (Å²) in [5.74, 6) is 0.589. The van der Waals surface area contributed by atoms with Gasteiger partial charge in [0.05, 0.1) is 13.7 Å². The van der Waals surface area contributed by atoms with Gasteiger partial charge in [0.2, 0.25) is 5.91 Å². The molecular formula is C21H22N4O2. The third-order valence-electron chi connectivity index (χ3n) is 4.07. The van der Waals surface area contributed by atoms with Crippen molar-refractivity contribution in [2.75, 3.05) is 7.11 Å². The zero-order valence-corrected chi connectivity index (χ0v) is 15.4. The molecule has 1 N–H and O–H groups in total. The first kappa shape index (κ1) is 18.4. The average Bonchev–Trinajstić information content (AvgIpc) is 3.18. The van der Waals surface area contributed by atoms with Crippen molar-refractivity contribution in [1.29, 1.82) is 0 Å². The summed E-state index contributed by atoms with van der Waals surface area (Å²) in [6, 6.07) is 13.9. The fourth-order valence-electron chi connectivity index (χ4n) is 2.74. The second-order valence-electron chi connectivity index (χ2n) is 6.21. The number of methoxy groups -OCH3 is 1. The van der Waals surface area contributed by atoms with Crippen LogP contribution in [-0.2, 0) is 17.9 Å². The average molecular weight is 362 g/mol. The number of nitrogens with zero attached hydrogens (tertiary/aromatic N) is 3. The van der Waals surface area contributed by atoms with E-state index in [0.717, 1.165) is 28.0 Å². The summed E-state index contributed by atoms with van der Waals surface area (Å²) >= 11 is 0. The van der Waals surface area contributed by atoms with Gasteiger partial charge in [-0.15, -0.1) is 0 Å². The fraction of sp³-hybridized carbons (Fsp3) is 0.190. The molecule has 0 atom stereocenters. The Labute approximate surface area is 158 Å². The molecule has 0 radical (unpaired) electrons. The molecule has 0 fully saturated rings. The van der Waals surface area contributed by atoms with E-state index in [-0.39, 0.29) is 5.91 Å². The zero-order valence-electron chi connectivity index (χ0n) is 15.4. The number of rotatable bonds is 7. The molecule has 3 rings (SSSR count). The standard InChI is InChI=1S/C21H22N4O2/c1-16-6-8-20(27-2)19(10-16)7-9-21(26)23-12-17-4-3-5-18(11-17)13-25-15-22-14-24-25/h3-11,14-15H,12-13H2,1-2H3,(H,23,26). The highest BCUT2D eigenvalue weighted by molar-refractivity contribution is 5.92. The smallest absolute Gasteiger partial charge is 0.244 e. The van der Waals surface area contributed by atoms with Crippen molar-refractivity contribution in [3.8, 4) is 5.75 Å². The van der Waals surface area contributed by atoms with Crippen LogP contribution in [0.1, 0.15) is 22.3 Å². The Bertz CT molecular complexity index is 933. The van der Waals surface area contributed by atoms with Gasteiger partial charge in [0, 0.05) is 18.2 Å². The van der Waals surface area contributed by atoms with Crippen molar-refractivity contribution in [2.45, 2.75) is 20.0 Å². The summed E-state index contributed by atoms with van der Waals surface area (Å²) in [5, 5.41) is 7.01. The topological polar surface area (TPSA) is 69.0 Å². The van der Waals surface area contributed by atoms with Gasteiger partial charge in [-0.2, -0.15) is 5.10 Å². The number of benzene rings is 2. The Morgan fingerprint density at radius 2 is 2.07 bits per heavy atom. The molecule has 138 valence electrons. The van der Waals surface area contributed by atoms with Crippen LogP contribution in [-0.4, -0.2) is 27.8 Å². The largest absolute Gasteiger partial charge is 0.496 e. The normalized spacial score (nSPS) is 10.9. The van der Waals surface area contributed by atoms with Crippen LogP contribution in [0.15, 0.2) is 61.2 Å². The quantitative estimate of drug-likeness (QED) is 0.656. The minimum Gasteiger partial charge on any atom is -0.496 e. The van der Waals surface area contributed by atoms with Crippen LogP contribution in [0.5, 0.6) is 5.75 Å². The summed E-state index contributed by atoms with van der Waals surface area (Å²) < 4.78 is 7.08. The molecule has 2 aromatic carbocycles. The summed E-state index contributed by atoms with van der Waals surface area (Å²) in [4.78, 5) is 16.1. The van der Waals surface area contributed by atoms with Gasteiger partial charge < -0.3 is 10.1 Å². The number of nitrogens with one attached hydrogen (secondary N) is 1. The first-order chi connectivity index (χ1) is 13.1. The Morgan fingerprint density at radius 1 is 1.22 bits per heavy atom. The van der Waals surface area contributed by atoms with E-state index < -0.39 is 0 Å². The second-order valence-corrected chi connectivity index (χ2v) is 6.21. The second kappa shape index (κ2) is 8.80. The summed E-state index contributed by atoms with van der Waals surface area (Å²) in [6.07, 6.45) is 6.48. The van der Waals surface area contributed by atoms with E-state index >= 15 is 0 Å². The van der Waals surface area contributed by atoms with E-state index in [1.165, 1.54) is 12.4 Å². The number of aryl methyl sites for hydroxylation is 1. The Morgan fingerprint density at radius 3 is 2.85 bits per heavy atom. The highest BCUT2D eigenvalue weighted by Gasteiger charge is 2.03. The van der Waals surface area contributed by atoms with Gasteiger partial charge in [-0.05, 0) is 36.3 Å². The maximum atomic E-state index is 12.2. The van der Waals surface area contributed by atoms with Gasteiger partial charge >= 0.3 is 0 Å². The molecule has 0 saturated heterocycles. The maximum Gasteiger partial charge on any atom is 0.244 e. The molecule has 27 heavy (non-hydrogen) atoms. The number of hydrogen-bond acceptors (Lipinski definition) is 4. The van der Waals surface area contributed by atoms with Crippen molar-refractivity contribution in [3.05, 3.63) is 83.4 Å². The van der Waals surface area contributed by atoms with E-state index in [2.05, 4.69) is 21.5 Å². The summed E-state index contributed by atoms with van der Waals surface area (Å²) in [5.41, 5.74) is 4.12. The van der Waals surface area contributed by atoms with Crippen LogP contribution in [0.4, 0.5) is 0 Å². The highest BCUT2D eigenvalue weighted by atomic mass is 16.5. The molecule has 0 aliphatic heterocycles. The molecule has 1 amide bonds. The predicted octanol–water partition coefficient (Wildman–Crippen LogP) is 2.97. The molecular weight excluding hydrogens is 340 g/mol. The van der Waals surface area contributed by atoms with Crippen LogP contribution in [0.3, 0.4) is 0 Å². The molecule has 6 heteroatoms. The molecule has 1 heterocycles. The Hall–Kier alpha value is -3.41. The number of hydrogen-bond donors (Lipinski definition) is 1. The molecule has 0 saturated carbocycles. The van der Waals surface area contributed by atoms with Gasteiger partial charge in [0.15, 0.2) is 0 Å². The summed E-state index contributed by atoms with van der Waals surface area (Å²) in [6.45, 7) is 3.11. The Balaban J connectivity index is 1.58. The van der Waals surface area contributed by atoms with Crippen molar-refractivity contribution in [3.63, 3.8) is 0 Å². The highest BCUT2D eigenvalue weighted by Crippen LogP contribution is 2.20. The van der Waals surface area contributed by atoms with Gasteiger partial charge in [-0.3, -0.25) is 4.79 Å². The van der Waals surface area contributed by atoms with Gasteiger partial charge in [0.1, 0.15) is 18.4 Å². The molecule has 0 spiro atoms. The van der Waals surface area contributed by atoms with E-state index in [1.54, 1.807) is 24.2 Å². The lowest BCUT2D eigenvalue weighted by molar-refractivity contribution is -0.116. The lowest BCUT2D eigenvalue weighted by atomic mass is 10.1. The van der Waals surface area contributed by atoms with Crippen LogP contribution >= 0.6 is 0 Å². The number of aromatic nitrogens is 3. The molecule has 0 bridgehead atoms. The van der Waals surface area contributed by atoms with E-state index in [1.807, 2.05) is 43.3 Å². The molecule has 6 nitrogen and oxygen atoms in total. The fourth-order valence-corrected chi connectivity index (χ4v) is 2.74. The van der Waals surface area contributed by atoms with Crippen LogP contribution in [0.2, 0.25) is 0 Å². The number of carbonyl (C=O) groups is 1.